The van der Waals surface area contributed by atoms with Gasteiger partial charge in [0.15, 0.2) is 0 Å². The Kier molecular flexibility index (Phi) is 5.26. The van der Waals surface area contributed by atoms with Crippen LogP contribution in [0.25, 0.3) is 0 Å². The van der Waals surface area contributed by atoms with E-state index >= 15 is 0 Å². The zero-order valence-electron chi connectivity index (χ0n) is 16.0. The smallest absolute Gasteiger partial charge is 0.274 e. The van der Waals surface area contributed by atoms with Gasteiger partial charge in [0, 0.05) is 11.4 Å². The van der Waals surface area contributed by atoms with E-state index in [1.54, 1.807) is 12.3 Å². The van der Waals surface area contributed by atoms with Gasteiger partial charge in [-0.1, -0.05) is 32.9 Å². The van der Waals surface area contributed by atoms with Crippen molar-refractivity contribution in [3.05, 3.63) is 71.4 Å². The van der Waals surface area contributed by atoms with Crippen molar-refractivity contribution in [2.45, 2.75) is 39.7 Å². The molecule has 2 N–H and O–H groups in total. The van der Waals surface area contributed by atoms with Gasteiger partial charge in [-0.3, -0.25) is 4.79 Å². The van der Waals surface area contributed by atoms with Crippen molar-refractivity contribution in [2.24, 2.45) is 0 Å². The van der Waals surface area contributed by atoms with Crippen LogP contribution in [0.3, 0.4) is 0 Å². The highest BCUT2D eigenvalue weighted by atomic mass is 16.3. The molecule has 3 rings (SSSR count). The molecule has 0 aliphatic heterocycles. The van der Waals surface area contributed by atoms with Crippen LogP contribution < -0.4 is 10.6 Å². The van der Waals surface area contributed by atoms with Crippen molar-refractivity contribution in [3.63, 3.8) is 0 Å². The van der Waals surface area contributed by atoms with E-state index in [0.717, 1.165) is 11.4 Å². The number of hydrogen-bond donors (Lipinski definition) is 2. The van der Waals surface area contributed by atoms with Crippen molar-refractivity contribution >= 4 is 17.5 Å². The third-order valence-electron chi connectivity index (χ3n) is 4.10. The van der Waals surface area contributed by atoms with Crippen LogP contribution in [0, 0.1) is 6.92 Å². The van der Waals surface area contributed by atoms with Gasteiger partial charge < -0.3 is 15.1 Å². The molecule has 140 valence electrons. The van der Waals surface area contributed by atoms with Crippen LogP contribution in [-0.2, 0) is 12.0 Å². The number of aromatic nitrogens is 2. The summed E-state index contributed by atoms with van der Waals surface area (Å²) in [6, 6.07) is 13.2. The van der Waals surface area contributed by atoms with Gasteiger partial charge in [0.1, 0.15) is 11.5 Å². The van der Waals surface area contributed by atoms with Crippen LogP contribution in [-0.4, -0.2) is 15.9 Å². The predicted molar refractivity (Wildman–Crippen MR) is 106 cm³/mol. The summed E-state index contributed by atoms with van der Waals surface area (Å²) in [6.45, 7) is 8.74. The summed E-state index contributed by atoms with van der Waals surface area (Å²) < 4.78 is 5.28. The molecule has 3 aromatic rings. The first kappa shape index (κ1) is 18.6. The summed E-state index contributed by atoms with van der Waals surface area (Å²) in [5.74, 6) is 0.884. The fraction of sp³-hybridized carbons (Fsp3) is 0.286. The second-order valence-electron chi connectivity index (χ2n) is 7.43. The van der Waals surface area contributed by atoms with Gasteiger partial charge in [-0.05, 0) is 48.2 Å². The molecule has 0 saturated heterocycles. The number of aryl methyl sites for hydroxylation is 1. The quantitative estimate of drug-likeness (QED) is 0.695. The second-order valence-corrected chi connectivity index (χ2v) is 7.43. The first-order valence-electron chi connectivity index (χ1n) is 8.85. The molecule has 27 heavy (non-hydrogen) atoms. The molecule has 0 fully saturated rings. The van der Waals surface area contributed by atoms with Crippen molar-refractivity contribution in [3.8, 4) is 0 Å². The molecule has 0 atom stereocenters. The van der Waals surface area contributed by atoms with Crippen LogP contribution >= 0.6 is 0 Å². The van der Waals surface area contributed by atoms with Gasteiger partial charge in [0.25, 0.3) is 5.91 Å². The fourth-order valence-corrected chi connectivity index (χ4v) is 2.59. The number of nitrogens with one attached hydrogen (secondary N) is 2. The van der Waals surface area contributed by atoms with Gasteiger partial charge in [-0.2, -0.15) is 0 Å². The highest BCUT2D eigenvalue weighted by molar-refractivity contribution is 6.03. The molecule has 2 heterocycles. The van der Waals surface area contributed by atoms with Gasteiger partial charge in [0.05, 0.1) is 12.8 Å². The monoisotopic (exact) mass is 364 g/mol. The Morgan fingerprint density at radius 2 is 1.85 bits per heavy atom. The molecule has 0 saturated carbocycles. The topological polar surface area (TPSA) is 80.0 Å². The summed E-state index contributed by atoms with van der Waals surface area (Å²) in [5, 5.41) is 5.96. The van der Waals surface area contributed by atoms with E-state index < -0.39 is 0 Å². The van der Waals surface area contributed by atoms with Crippen LogP contribution in [0.2, 0.25) is 0 Å². The molecule has 0 spiro atoms. The SMILES string of the molecule is Cc1cc(C(=O)Nc2ccc(C(C)(C)C)cc2)nc(NCc2ccco2)n1. The third-order valence-corrected chi connectivity index (χ3v) is 4.10. The van der Waals surface area contributed by atoms with Crippen molar-refractivity contribution in [2.75, 3.05) is 10.6 Å². The third kappa shape index (κ3) is 4.94. The summed E-state index contributed by atoms with van der Waals surface area (Å²) in [4.78, 5) is 21.2. The minimum absolute atomic E-state index is 0.0703. The predicted octanol–water partition coefficient (Wildman–Crippen LogP) is 4.54. The van der Waals surface area contributed by atoms with Crippen molar-refractivity contribution in [1.82, 2.24) is 9.97 Å². The van der Waals surface area contributed by atoms with Gasteiger partial charge >= 0.3 is 0 Å². The number of carbonyl (C=O) groups excluding carboxylic acids is 1. The molecule has 0 aliphatic carbocycles. The van der Waals surface area contributed by atoms with E-state index in [-0.39, 0.29) is 11.3 Å². The average molecular weight is 364 g/mol. The lowest BCUT2D eigenvalue weighted by molar-refractivity contribution is 0.102. The lowest BCUT2D eigenvalue weighted by Gasteiger charge is -2.19. The maximum Gasteiger partial charge on any atom is 0.274 e. The molecule has 1 aromatic carbocycles. The van der Waals surface area contributed by atoms with Crippen LogP contribution in [0.4, 0.5) is 11.6 Å². The van der Waals surface area contributed by atoms with Crippen LogP contribution in [0.15, 0.2) is 53.1 Å². The number of carbonyl (C=O) groups is 1. The van der Waals surface area contributed by atoms with E-state index in [9.17, 15) is 4.79 Å². The molecule has 0 aliphatic rings. The molecule has 6 heteroatoms. The van der Waals surface area contributed by atoms with Gasteiger partial charge in [0.2, 0.25) is 5.95 Å². The normalized spacial score (nSPS) is 11.3. The van der Waals surface area contributed by atoms with E-state index in [0.29, 0.717) is 23.9 Å². The standard InChI is InChI=1S/C21H24N4O2/c1-14-12-18(25-20(23-14)22-13-17-6-5-11-27-17)19(26)24-16-9-7-15(8-10-16)21(2,3)4/h5-12H,13H2,1-4H3,(H,24,26)(H,22,23,25). The van der Waals surface area contributed by atoms with Crippen molar-refractivity contribution in [1.29, 1.82) is 0 Å². The number of rotatable bonds is 5. The number of benzene rings is 1. The molecule has 0 bridgehead atoms. The number of furan rings is 1. The minimum atomic E-state index is -0.273. The Labute approximate surface area is 159 Å². The summed E-state index contributed by atoms with van der Waals surface area (Å²) >= 11 is 0. The van der Waals surface area contributed by atoms with E-state index in [1.165, 1.54) is 5.56 Å². The Hall–Kier alpha value is -3.15. The van der Waals surface area contributed by atoms with E-state index in [1.807, 2.05) is 43.3 Å². The zero-order chi connectivity index (χ0) is 19.4. The van der Waals surface area contributed by atoms with Gasteiger partial charge in [-0.15, -0.1) is 0 Å². The van der Waals surface area contributed by atoms with Gasteiger partial charge in [-0.25, -0.2) is 9.97 Å². The van der Waals surface area contributed by atoms with E-state index in [4.69, 9.17) is 4.42 Å². The van der Waals surface area contributed by atoms with E-state index in [2.05, 4.69) is 41.4 Å². The molecular weight excluding hydrogens is 340 g/mol. The summed E-state index contributed by atoms with van der Waals surface area (Å²) in [6.07, 6.45) is 1.61. The Bertz CT molecular complexity index is 910. The highest BCUT2D eigenvalue weighted by Crippen LogP contribution is 2.23. The molecule has 0 unspecified atom stereocenters. The Balaban J connectivity index is 1.70. The average Bonchev–Trinajstić information content (AvgIpc) is 3.13. The minimum Gasteiger partial charge on any atom is -0.467 e. The zero-order valence-corrected chi connectivity index (χ0v) is 16.0. The molecular formula is C21H24N4O2. The highest BCUT2D eigenvalue weighted by Gasteiger charge is 2.14. The lowest BCUT2D eigenvalue weighted by atomic mass is 9.87. The summed E-state index contributed by atoms with van der Waals surface area (Å²) in [5.41, 5.74) is 3.03. The van der Waals surface area contributed by atoms with Crippen LogP contribution in [0.5, 0.6) is 0 Å². The molecule has 2 aromatic heterocycles. The van der Waals surface area contributed by atoms with Crippen LogP contribution in [0.1, 0.15) is 48.3 Å². The maximum absolute atomic E-state index is 12.6. The summed E-state index contributed by atoms with van der Waals surface area (Å²) in [7, 11) is 0. The Morgan fingerprint density at radius 3 is 2.48 bits per heavy atom. The lowest BCUT2D eigenvalue weighted by Crippen LogP contribution is -2.16. The number of anilines is 2. The second kappa shape index (κ2) is 7.61. The molecule has 1 amide bonds. The first-order valence-corrected chi connectivity index (χ1v) is 8.85. The molecule has 0 radical (unpaired) electrons. The first-order chi connectivity index (χ1) is 12.8. The largest absolute Gasteiger partial charge is 0.467 e. The maximum atomic E-state index is 12.6. The number of amides is 1. The molecule has 6 nitrogen and oxygen atoms in total. The van der Waals surface area contributed by atoms with Crippen molar-refractivity contribution < 1.29 is 9.21 Å². The Morgan fingerprint density at radius 1 is 1.11 bits per heavy atom. The number of hydrogen-bond acceptors (Lipinski definition) is 5. The fourth-order valence-electron chi connectivity index (χ4n) is 2.59. The number of nitrogens with zero attached hydrogens (tertiary/aromatic N) is 2.